The van der Waals surface area contributed by atoms with Crippen LogP contribution in [-0.2, 0) is 13.0 Å². The number of aromatic nitrogens is 1. The minimum atomic E-state index is 0.564. The smallest absolute Gasteiger partial charge is 0.161 e. The van der Waals surface area contributed by atoms with Gasteiger partial charge in [-0.1, -0.05) is 19.4 Å². The van der Waals surface area contributed by atoms with Crippen molar-refractivity contribution in [2.24, 2.45) is 0 Å². The average Bonchev–Trinajstić information content (AvgIpc) is 3.29. The van der Waals surface area contributed by atoms with Crippen LogP contribution in [0.3, 0.4) is 0 Å². The molecule has 6 heteroatoms. The Morgan fingerprint density at radius 3 is 2.05 bits per heavy atom. The summed E-state index contributed by atoms with van der Waals surface area (Å²) in [7, 11) is 0. The lowest BCUT2D eigenvalue weighted by atomic mass is 9.92. The molecule has 0 fully saturated rings. The van der Waals surface area contributed by atoms with Crippen molar-refractivity contribution in [2.45, 2.75) is 60.4 Å². The maximum atomic E-state index is 6.16. The van der Waals surface area contributed by atoms with Gasteiger partial charge in [0.05, 0.1) is 38.7 Å². The number of ether oxygens (including phenoxy) is 5. The first-order chi connectivity index (χ1) is 19.6. The van der Waals surface area contributed by atoms with Crippen LogP contribution < -0.4 is 23.7 Å². The van der Waals surface area contributed by atoms with E-state index in [-0.39, 0.29) is 0 Å². The molecule has 0 spiro atoms. The van der Waals surface area contributed by atoms with Crippen LogP contribution in [0.5, 0.6) is 28.7 Å². The predicted octanol–water partition coefficient (Wildman–Crippen LogP) is 8.31. The van der Waals surface area contributed by atoms with Gasteiger partial charge in [0.15, 0.2) is 23.0 Å². The second kappa shape index (κ2) is 12.6. The maximum absolute atomic E-state index is 6.16. The van der Waals surface area contributed by atoms with E-state index in [1.165, 1.54) is 22.3 Å². The third-order valence-corrected chi connectivity index (χ3v) is 7.26. The van der Waals surface area contributed by atoms with Crippen molar-refractivity contribution < 1.29 is 23.7 Å². The molecule has 1 aliphatic heterocycles. The number of hydrogen-bond acceptors (Lipinski definition) is 5. The Morgan fingerprint density at radius 1 is 0.675 bits per heavy atom. The lowest BCUT2D eigenvalue weighted by Gasteiger charge is -2.24. The number of fused-ring (bicyclic) bond motifs is 5. The van der Waals surface area contributed by atoms with Crippen LogP contribution >= 0.6 is 0 Å². The first-order valence-electron chi connectivity index (χ1n) is 14.7. The molecule has 1 aromatic heterocycles. The van der Waals surface area contributed by atoms with Crippen molar-refractivity contribution in [3.05, 3.63) is 54.1 Å². The highest BCUT2D eigenvalue weighted by Crippen LogP contribution is 2.49. The van der Waals surface area contributed by atoms with Gasteiger partial charge in [0.1, 0.15) is 5.75 Å². The first-order valence-corrected chi connectivity index (χ1v) is 14.7. The van der Waals surface area contributed by atoms with Gasteiger partial charge in [-0.05, 0) is 94.1 Å². The summed E-state index contributed by atoms with van der Waals surface area (Å²) in [6.45, 7) is 14.1. The van der Waals surface area contributed by atoms with Crippen molar-refractivity contribution in [2.75, 3.05) is 33.0 Å². The van der Waals surface area contributed by atoms with Crippen LogP contribution in [0.4, 0.5) is 0 Å². The Hall–Kier alpha value is -3.80. The van der Waals surface area contributed by atoms with Gasteiger partial charge >= 0.3 is 0 Å². The zero-order valence-electron chi connectivity index (χ0n) is 24.5. The van der Waals surface area contributed by atoms with E-state index in [4.69, 9.17) is 23.7 Å². The van der Waals surface area contributed by atoms with Crippen molar-refractivity contribution in [1.82, 2.24) is 4.57 Å². The van der Waals surface area contributed by atoms with E-state index in [2.05, 4.69) is 54.0 Å². The third-order valence-electron chi connectivity index (χ3n) is 7.26. The average molecular weight is 544 g/mol. The monoisotopic (exact) mass is 543 g/mol. The standard InChI is InChI=1S/C34H41NO5/c1-6-11-18-40-25-13-14-28-27(21-25)33(24-12-15-29(36-7-2)30(20-24)37-8-3)34-26-22-32(39-10-5)31(38-9-4)19-23(26)16-17-35(28)34/h12-15,19-22H,6-11,16-18H2,1-5H3. The second-order valence-corrected chi connectivity index (χ2v) is 9.86. The van der Waals surface area contributed by atoms with Crippen LogP contribution in [0, 0.1) is 0 Å². The number of rotatable bonds is 13. The zero-order valence-corrected chi connectivity index (χ0v) is 24.5. The van der Waals surface area contributed by atoms with Crippen molar-refractivity contribution in [3.8, 4) is 51.1 Å². The van der Waals surface area contributed by atoms with E-state index < -0.39 is 0 Å². The predicted molar refractivity (Wildman–Crippen MR) is 162 cm³/mol. The molecule has 0 radical (unpaired) electrons. The molecule has 0 unspecified atom stereocenters. The van der Waals surface area contributed by atoms with Gasteiger partial charge in [0.2, 0.25) is 0 Å². The summed E-state index contributed by atoms with van der Waals surface area (Å²) >= 11 is 0. The Bertz CT molecular complexity index is 1470. The van der Waals surface area contributed by atoms with E-state index in [9.17, 15) is 0 Å². The largest absolute Gasteiger partial charge is 0.494 e. The highest BCUT2D eigenvalue weighted by atomic mass is 16.5. The fourth-order valence-electron chi connectivity index (χ4n) is 5.57. The molecule has 4 aromatic rings. The van der Waals surface area contributed by atoms with Crippen molar-refractivity contribution in [1.29, 1.82) is 0 Å². The van der Waals surface area contributed by atoms with Crippen LogP contribution in [0.25, 0.3) is 33.3 Å². The normalized spacial score (nSPS) is 12.1. The third kappa shape index (κ3) is 5.32. The van der Waals surface area contributed by atoms with Gasteiger partial charge in [0, 0.05) is 28.6 Å². The molecule has 3 aromatic carbocycles. The molecule has 0 atom stereocenters. The molecule has 212 valence electrons. The van der Waals surface area contributed by atoms with E-state index in [1.54, 1.807) is 0 Å². The van der Waals surface area contributed by atoms with Gasteiger partial charge < -0.3 is 28.3 Å². The summed E-state index contributed by atoms with van der Waals surface area (Å²) in [4.78, 5) is 0. The summed E-state index contributed by atoms with van der Waals surface area (Å²) in [6.07, 6.45) is 3.05. The molecule has 0 N–H and O–H groups in total. The summed E-state index contributed by atoms with van der Waals surface area (Å²) < 4.78 is 32.6. The molecule has 40 heavy (non-hydrogen) atoms. The highest BCUT2D eigenvalue weighted by Gasteiger charge is 2.28. The van der Waals surface area contributed by atoms with Crippen LogP contribution in [0.2, 0.25) is 0 Å². The van der Waals surface area contributed by atoms with Crippen LogP contribution in [-0.4, -0.2) is 37.6 Å². The Balaban J connectivity index is 1.76. The lowest BCUT2D eigenvalue weighted by Crippen LogP contribution is -2.12. The number of benzene rings is 3. The molecule has 5 rings (SSSR count). The van der Waals surface area contributed by atoms with E-state index in [1.807, 2.05) is 33.8 Å². The van der Waals surface area contributed by atoms with Crippen molar-refractivity contribution in [3.63, 3.8) is 0 Å². The van der Waals surface area contributed by atoms with Gasteiger partial charge in [0.25, 0.3) is 0 Å². The molecular weight excluding hydrogens is 502 g/mol. The lowest BCUT2D eigenvalue weighted by molar-refractivity contribution is 0.287. The Morgan fingerprint density at radius 2 is 1.35 bits per heavy atom. The highest BCUT2D eigenvalue weighted by molar-refractivity contribution is 6.06. The topological polar surface area (TPSA) is 51.1 Å². The second-order valence-electron chi connectivity index (χ2n) is 9.86. The number of aryl methyl sites for hydroxylation is 2. The summed E-state index contributed by atoms with van der Waals surface area (Å²) in [5, 5.41) is 1.16. The minimum Gasteiger partial charge on any atom is -0.494 e. The summed E-state index contributed by atoms with van der Waals surface area (Å²) in [5.41, 5.74) is 7.04. The van der Waals surface area contributed by atoms with Crippen molar-refractivity contribution >= 4 is 10.9 Å². The molecule has 0 bridgehead atoms. The number of unbranched alkanes of at least 4 members (excludes halogenated alkanes) is 1. The van der Waals surface area contributed by atoms with Gasteiger partial charge in [-0.3, -0.25) is 0 Å². The van der Waals surface area contributed by atoms with Crippen LogP contribution in [0.15, 0.2) is 48.5 Å². The molecule has 0 saturated heterocycles. The fourth-order valence-corrected chi connectivity index (χ4v) is 5.57. The molecule has 0 amide bonds. The minimum absolute atomic E-state index is 0.564. The maximum Gasteiger partial charge on any atom is 0.161 e. The molecule has 0 aliphatic carbocycles. The van der Waals surface area contributed by atoms with Gasteiger partial charge in [-0.2, -0.15) is 0 Å². The van der Waals surface area contributed by atoms with E-state index in [0.717, 1.165) is 71.1 Å². The van der Waals surface area contributed by atoms with Crippen LogP contribution in [0.1, 0.15) is 53.0 Å². The molecule has 2 heterocycles. The zero-order chi connectivity index (χ0) is 28.1. The number of nitrogens with zero attached hydrogens (tertiary/aromatic N) is 1. The fraction of sp³-hybridized carbons (Fsp3) is 0.412. The van der Waals surface area contributed by atoms with E-state index >= 15 is 0 Å². The van der Waals surface area contributed by atoms with E-state index in [0.29, 0.717) is 33.0 Å². The first kappa shape index (κ1) is 27.8. The molecule has 1 aliphatic rings. The SMILES string of the molecule is CCCCOc1ccc2c(c1)c(-c1ccc(OCC)c(OCC)c1)c1n2CCc2cc(OCC)c(OCC)cc2-1. The van der Waals surface area contributed by atoms with Gasteiger partial charge in [-0.25, -0.2) is 0 Å². The molecular formula is C34H41NO5. The number of hydrogen-bond donors (Lipinski definition) is 0. The quantitative estimate of drug-likeness (QED) is 0.159. The van der Waals surface area contributed by atoms with Gasteiger partial charge in [-0.15, -0.1) is 0 Å². The molecule has 0 saturated carbocycles. The Kier molecular flexibility index (Phi) is 8.73. The Labute approximate surface area is 237 Å². The molecule has 6 nitrogen and oxygen atoms in total. The summed E-state index contributed by atoms with van der Waals surface area (Å²) in [6, 6.07) is 17.1. The summed E-state index contributed by atoms with van der Waals surface area (Å²) in [5.74, 6) is 3.99.